The van der Waals surface area contributed by atoms with E-state index in [0.717, 1.165) is 24.6 Å². The first-order valence-corrected chi connectivity index (χ1v) is 5.63. The number of benzene rings is 1. The second-order valence-electron chi connectivity index (χ2n) is 4.56. The van der Waals surface area contributed by atoms with E-state index in [-0.39, 0.29) is 5.41 Å². The van der Waals surface area contributed by atoms with Crippen molar-refractivity contribution in [1.82, 2.24) is 5.32 Å². The molecule has 16 heavy (non-hydrogen) atoms. The second-order valence-corrected chi connectivity index (χ2v) is 4.56. The highest BCUT2D eigenvalue weighted by atomic mass is 16.5. The molecule has 0 bridgehead atoms. The Kier molecular flexibility index (Phi) is 3.06. The van der Waals surface area contributed by atoms with Gasteiger partial charge in [-0.3, -0.25) is 0 Å². The highest BCUT2D eigenvalue weighted by Gasteiger charge is 2.31. The average Bonchev–Trinajstić information content (AvgIpc) is 2.76. The van der Waals surface area contributed by atoms with Crippen molar-refractivity contribution in [3.63, 3.8) is 0 Å². The third kappa shape index (κ3) is 1.87. The van der Waals surface area contributed by atoms with E-state index in [2.05, 4.69) is 24.4 Å². The standard InChI is InChI=1S/C13H19NO2/c1-13(6-7-14-9-13)10-4-5-11(15-2)12(8-10)16-3/h4-5,8,14H,6-7,9H2,1-3H3. The summed E-state index contributed by atoms with van der Waals surface area (Å²) in [5.41, 5.74) is 1.54. The predicted octanol–water partition coefficient (Wildman–Crippen LogP) is 1.95. The summed E-state index contributed by atoms with van der Waals surface area (Å²) < 4.78 is 10.6. The van der Waals surface area contributed by atoms with Crippen LogP contribution in [0.15, 0.2) is 18.2 Å². The van der Waals surface area contributed by atoms with Gasteiger partial charge in [0.05, 0.1) is 14.2 Å². The Bertz CT molecular complexity index is 370. The Morgan fingerprint density at radius 2 is 1.94 bits per heavy atom. The van der Waals surface area contributed by atoms with Crippen LogP contribution in [0.1, 0.15) is 18.9 Å². The van der Waals surface area contributed by atoms with E-state index < -0.39 is 0 Å². The molecule has 0 aliphatic carbocycles. The van der Waals surface area contributed by atoms with Gasteiger partial charge in [0.1, 0.15) is 0 Å². The minimum Gasteiger partial charge on any atom is -0.493 e. The second kappa shape index (κ2) is 4.34. The van der Waals surface area contributed by atoms with E-state index in [4.69, 9.17) is 9.47 Å². The third-order valence-electron chi connectivity index (χ3n) is 3.45. The molecule has 0 aromatic heterocycles. The molecule has 1 atom stereocenters. The van der Waals surface area contributed by atoms with Crippen molar-refractivity contribution in [2.24, 2.45) is 0 Å². The predicted molar refractivity (Wildman–Crippen MR) is 64.4 cm³/mol. The van der Waals surface area contributed by atoms with Crippen molar-refractivity contribution < 1.29 is 9.47 Å². The summed E-state index contributed by atoms with van der Waals surface area (Å²) in [7, 11) is 3.34. The molecule has 2 rings (SSSR count). The van der Waals surface area contributed by atoms with Crippen molar-refractivity contribution in [3.8, 4) is 11.5 Å². The smallest absolute Gasteiger partial charge is 0.161 e. The monoisotopic (exact) mass is 221 g/mol. The lowest BCUT2D eigenvalue weighted by Crippen LogP contribution is -2.24. The zero-order valence-electron chi connectivity index (χ0n) is 10.2. The summed E-state index contributed by atoms with van der Waals surface area (Å²) >= 11 is 0. The van der Waals surface area contributed by atoms with E-state index in [1.54, 1.807) is 14.2 Å². The number of methoxy groups -OCH3 is 2. The first-order valence-electron chi connectivity index (χ1n) is 5.63. The average molecular weight is 221 g/mol. The molecule has 3 nitrogen and oxygen atoms in total. The molecular formula is C13H19NO2. The van der Waals surface area contributed by atoms with Crippen LogP contribution in [-0.4, -0.2) is 27.3 Å². The van der Waals surface area contributed by atoms with Gasteiger partial charge >= 0.3 is 0 Å². The normalized spacial score (nSPS) is 24.4. The molecular weight excluding hydrogens is 202 g/mol. The van der Waals surface area contributed by atoms with Gasteiger partial charge in [-0.05, 0) is 30.7 Å². The van der Waals surface area contributed by atoms with Gasteiger partial charge in [0.15, 0.2) is 11.5 Å². The van der Waals surface area contributed by atoms with Gasteiger partial charge in [-0.1, -0.05) is 13.0 Å². The Balaban J connectivity index is 2.35. The molecule has 0 spiro atoms. The van der Waals surface area contributed by atoms with Crippen LogP contribution in [0.5, 0.6) is 11.5 Å². The number of ether oxygens (including phenoxy) is 2. The molecule has 0 saturated carbocycles. The molecule has 1 aromatic rings. The molecule has 88 valence electrons. The van der Waals surface area contributed by atoms with Gasteiger partial charge < -0.3 is 14.8 Å². The van der Waals surface area contributed by atoms with Crippen molar-refractivity contribution in [1.29, 1.82) is 0 Å². The number of rotatable bonds is 3. The lowest BCUT2D eigenvalue weighted by molar-refractivity contribution is 0.353. The van der Waals surface area contributed by atoms with Crippen molar-refractivity contribution in [2.45, 2.75) is 18.8 Å². The fraction of sp³-hybridized carbons (Fsp3) is 0.538. The summed E-state index contributed by atoms with van der Waals surface area (Å²) in [6, 6.07) is 6.21. The molecule has 1 unspecified atom stereocenters. The highest BCUT2D eigenvalue weighted by molar-refractivity contribution is 5.45. The van der Waals surface area contributed by atoms with Crippen LogP contribution in [0.2, 0.25) is 0 Å². The largest absolute Gasteiger partial charge is 0.493 e. The van der Waals surface area contributed by atoms with Gasteiger partial charge in [-0.25, -0.2) is 0 Å². The maximum atomic E-state index is 5.34. The van der Waals surface area contributed by atoms with Crippen LogP contribution in [0, 0.1) is 0 Å². The van der Waals surface area contributed by atoms with Gasteiger partial charge in [-0.15, -0.1) is 0 Å². The summed E-state index contributed by atoms with van der Waals surface area (Å²) in [5, 5.41) is 3.41. The fourth-order valence-corrected chi connectivity index (χ4v) is 2.27. The number of hydrogen-bond acceptors (Lipinski definition) is 3. The van der Waals surface area contributed by atoms with Crippen LogP contribution in [0.4, 0.5) is 0 Å². The quantitative estimate of drug-likeness (QED) is 0.846. The molecule has 1 N–H and O–H groups in total. The minimum absolute atomic E-state index is 0.222. The Labute approximate surface area is 96.8 Å². The summed E-state index contributed by atoms with van der Waals surface area (Å²) in [4.78, 5) is 0. The fourth-order valence-electron chi connectivity index (χ4n) is 2.27. The van der Waals surface area contributed by atoms with Crippen molar-refractivity contribution in [2.75, 3.05) is 27.3 Å². The van der Waals surface area contributed by atoms with E-state index in [1.807, 2.05) is 6.07 Å². The molecule has 1 saturated heterocycles. The maximum Gasteiger partial charge on any atom is 0.161 e. The van der Waals surface area contributed by atoms with Gasteiger partial charge in [-0.2, -0.15) is 0 Å². The van der Waals surface area contributed by atoms with Crippen LogP contribution in [0.25, 0.3) is 0 Å². The summed E-state index contributed by atoms with van der Waals surface area (Å²) in [6.07, 6.45) is 1.17. The Morgan fingerprint density at radius 3 is 2.50 bits per heavy atom. The first kappa shape index (κ1) is 11.3. The van der Waals surface area contributed by atoms with E-state index >= 15 is 0 Å². The van der Waals surface area contributed by atoms with E-state index in [0.29, 0.717) is 0 Å². The third-order valence-corrected chi connectivity index (χ3v) is 3.45. The summed E-state index contributed by atoms with van der Waals surface area (Å²) in [6.45, 7) is 4.40. The SMILES string of the molecule is COc1ccc(C2(C)CCNC2)cc1OC. The number of nitrogens with one attached hydrogen (secondary N) is 1. The molecule has 3 heteroatoms. The minimum atomic E-state index is 0.222. The number of hydrogen-bond donors (Lipinski definition) is 1. The molecule has 0 amide bonds. The Morgan fingerprint density at radius 1 is 1.19 bits per heavy atom. The zero-order chi connectivity index (χ0) is 11.6. The van der Waals surface area contributed by atoms with Gasteiger partial charge in [0.25, 0.3) is 0 Å². The summed E-state index contributed by atoms with van der Waals surface area (Å²) in [5.74, 6) is 1.61. The van der Waals surface area contributed by atoms with Crippen LogP contribution >= 0.6 is 0 Å². The maximum absolute atomic E-state index is 5.34. The van der Waals surface area contributed by atoms with Crippen LogP contribution in [0.3, 0.4) is 0 Å². The molecule has 1 fully saturated rings. The highest BCUT2D eigenvalue weighted by Crippen LogP contribution is 2.36. The zero-order valence-corrected chi connectivity index (χ0v) is 10.2. The molecule has 1 aliphatic heterocycles. The topological polar surface area (TPSA) is 30.5 Å². The lowest BCUT2D eigenvalue weighted by atomic mass is 9.82. The van der Waals surface area contributed by atoms with Crippen molar-refractivity contribution in [3.05, 3.63) is 23.8 Å². The van der Waals surface area contributed by atoms with Crippen LogP contribution < -0.4 is 14.8 Å². The van der Waals surface area contributed by atoms with E-state index in [9.17, 15) is 0 Å². The molecule has 1 aliphatic rings. The van der Waals surface area contributed by atoms with E-state index in [1.165, 1.54) is 12.0 Å². The molecule has 1 aromatic carbocycles. The van der Waals surface area contributed by atoms with Crippen LogP contribution in [-0.2, 0) is 5.41 Å². The first-order chi connectivity index (χ1) is 7.69. The molecule has 1 heterocycles. The lowest BCUT2D eigenvalue weighted by Gasteiger charge is -2.24. The van der Waals surface area contributed by atoms with Crippen molar-refractivity contribution >= 4 is 0 Å². The van der Waals surface area contributed by atoms with Gasteiger partial charge in [0.2, 0.25) is 0 Å². The van der Waals surface area contributed by atoms with Gasteiger partial charge in [0, 0.05) is 12.0 Å². The Hall–Kier alpha value is -1.22. The molecule has 0 radical (unpaired) electrons.